The molecule has 3 aliphatic rings. The summed E-state index contributed by atoms with van der Waals surface area (Å²) < 4.78 is 39.9. The zero-order chi connectivity index (χ0) is 30.4. The van der Waals surface area contributed by atoms with Gasteiger partial charge in [0.25, 0.3) is 5.91 Å². The number of carbonyl (C=O) groups is 4. The largest absolute Gasteiger partial charge is 0.453 e. The Morgan fingerprint density at radius 2 is 1.86 bits per heavy atom. The third-order valence-corrected chi connectivity index (χ3v) is 6.86. The van der Waals surface area contributed by atoms with Crippen LogP contribution in [-0.2, 0) is 19.1 Å². The van der Waals surface area contributed by atoms with Gasteiger partial charge < -0.3 is 29.9 Å². The molecule has 0 aliphatic carbocycles. The second-order valence-corrected chi connectivity index (χ2v) is 9.74. The molecule has 4 rings (SSSR count). The molecule has 226 valence electrons. The number of carbonyl (C=O) groups excluding carboxylic acids is 4. The molecule has 3 heterocycles. The fraction of sp³-hybridized carbons (Fsp3) is 0.407. The van der Waals surface area contributed by atoms with Crippen LogP contribution < -0.4 is 20.4 Å². The Hall–Kier alpha value is -4.66. The number of nitrogens with one attached hydrogen (secondary N) is 2. The standard InChI is InChI=1S/C27H32F2N6O7/c1-17(31-24(36)18-5-3-7-34(40)8-4-6-18)25(37)33-11-9-32(10-12-33)23-21(28)13-19(14-22(23)29)35-16-20(42-27(35)39)15-30-26(38)41-2/h3-7,13-14,17,20,40H,8-12,15-16H2,1-2H3,(H,30,38)(H,31,36)/b6-4+,7-3-,18-5+/t17-,20-/m0/s1. The van der Waals surface area contributed by atoms with Crippen molar-refractivity contribution in [2.75, 3.05) is 62.7 Å². The summed E-state index contributed by atoms with van der Waals surface area (Å²) in [6.07, 6.45) is 5.32. The molecule has 0 radical (unpaired) electrons. The number of piperazine rings is 1. The predicted octanol–water partition coefficient (Wildman–Crippen LogP) is 1.50. The lowest BCUT2D eigenvalue weighted by Gasteiger charge is -2.37. The van der Waals surface area contributed by atoms with Crippen molar-refractivity contribution >= 4 is 35.4 Å². The maximum atomic E-state index is 15.2. The van der Waals surface area contributed by atoms with Crippen molar-refractivity contribution in [3.63, 3.8) is 0 Å². The van der Waals surface area contributed by atoms with Gasteiger partial charge in [-0.2, -0.15) is 0 Å². The molecule has 3 aliphatic heterocycles. The summed E-state index contributed by atoms with van der Waals surface area (Å²) in [5, 5.41) is 15.5. The molecule has 13 nitrogen and oxygen atoms in total. The van der Waals surface area contributed by atoms with Crippen LogP contribution in [0.4, 0.5) is 29.7 Å². The Bertz CT molecular complexity index is 1290. The summed E-state index contributed by atoms with van der Waals surface area (Å²) in [7, 11) is 1.19. The number of rotatable bonds is 7. The van der Waals surface area contributed by atoms with Gasteiger partial charge in [0.2, 0.25) is 5.91 Å². The third-order valence-electron chi connectivity index (χ3n) is 6.86. The van der Waals surface area contributed by atoms with Crippen LogP contribution in [0.2, 0.25) is 0 Å². The van der Waals surface area contributed by atoms with Crippen molar-refractivity contribution < 1.29 is 42.6 Å². The molecule has 0 spiro atoms. The lowest BCUT2D eigenvalue weighted by atomic mass is 10.1. The van der Waals surface area contributed by atoms with E-state index in [0.717, 1.165) is 22.1 Å². The summed E-state index contributed by atoms with van der Waals surface area (Å²) in [5.74, 6) is -2.56. The lowest BCUT2D eigenvalue weighted by molar-refractivity contribution is -0.135. The molecular formula is C27H32F2N6O7. The van der Waals surface area contributed by atoms with Crippen molar-refractivity contribution in [2.45, 2.75) is 19.1 Å². The van der Waals surface area contributed by atoms with Crippen LogP contribution >= 0.6 is 0 Å². The molecule has 2 saturated heterocycles. The minimum Gasteiger partial charge on any atom is -0.453 e. The molecule has 0 aromatic heterocycles. The molecule has 4 amide bonds. The lowest BCUT2D eigenvalue weighted by Crippen LogP contribution is -2.54. The first kappa shape index (κ1) is 30.3. The van der Waals surface area contributed by atoms with E-state index in [1.807, 2.05) is 0 Å². The van der Waals surface area contributed by atoms with Gasteiger partial charge in [0.15, 0.2) is 11.6 Å². The summed E-state index contributed by atoms with van der Waals surface area (Å²) >= 11 is 0. The number of amides is 4. The van der Waals surface area contributed by atoms with Gasteiger partial charge in [-0.15, -0.1) is 0 Å². The first-order chi connectivity index (χ1) is 20.1. The third kappa shape index (κ3) is 7.15. The van der Waals surface area contributed by atoms with E-state index in [-0.39, 0.29) is 63.1 Å². The molecule has 0 bridgehead atoms. The molecular weight excluding hydrogens is 558 g/mol. The molecule has 3 N–H and O–H groups in total. The Kier molecular flexibility index (Phi) is 9.62. The number of hydrogen-bond donors (Lipinski definition) is 3. The van der Waals surface area contributed by atoms with Crippen LogP contribution in [-0.4, -0.2) is 104 Å². The van der Waals surface area contributed by atoms with Gasteiger partial charge in [-0.1, -0.05) is 12.2 Å². The second-order valence-electron chi connectivity index (χ2n) is 9.74. The highest BCUT2D eigenvalue weighted by molar-refractivity contribution is 5.99. The normalized spacial score (nSPS) is 22.3. The molecule has 1 aromatic rings. The highest BCUT2D eigenvalue weighted by Gasteiger charge is 2.34. The van der Waals surface area contributed by atoms with Crippen LogP contribution in [0, 0.1) is 11.6 Å². The number of alkyl carbamates (subject to hydrolysis) is 1. The first-order valence-electron chi connectivity index (χ1n) is 13.2. The van der Waals surface area contributed by atoms with Crippen LogP contribution in [0.3, 0.4) is 0 Å². The van der Waals surface area contributed by atoms with E-state index < -0.39 is 41.9 Å². The number of methoxy groups -OCH3 is 1. The highest BCUT2D eigenvalue weighted by atomic mass is 19.1. The minimum atomic E-state index is -0.881. The van der Waals surface area contributed by atoms with Crippen molar-refractivity contribution in [2.24, 2.45) is 0 Å². The number of benzene rings is 1. The van der Waals surface area contributed by atoms with Crippen LogP contribution in [0.15, 0.2) is 48.2 Å². The topological polar surface area (TPSA) is 144 Å². The predicted molar refractivity (Wildman–Crippen MR) is 146 cm³/mol. The number of cyclic esters (lactones) is 1. The van der Waals surface area contributed by atoms with Crippen LogP contribution in [0.25, 0.3) is 0 Å². The number of hydroxylamine groups is 2. The van der Waals surface area contributed by atoms with E-state index in [1.165, 1.54) is 35.3 Å². The SMILES string of the molecule is COC(=O)NC[C@H]1CN(c2cc(F)c(N3CCN(C(=O)[C@H](C)NC(=O)C4=C/C=C\N(O)C\C=C\4)CC3)c(F)c2)C(=O)O1. The van der Waals surface area contributed by atoms with Gasteiger partial charge in [-0.25, -0.2) is 18.4 Å². The molecule has 2 fully saturated rings. The van der Waals surface area contributed by atoms with Gasteiger partial charge >= 0.3 is 12.2 Å². The number of ether oxygens (including phenoxy) is 2. The molecule has 0 saturated carbocycles. The summed E-state index contributed by atoms with van der Waals surface area (Å²) in [6.45, 7) is 2.33. The van der Waals surface area contributed by atoms with Gasteiger partial charge in [0.05, 0.1) is 32.4 Å². The van der Waals surface area contributed by atoms with Gasteiger partial charge in [0.1, 0.15) is 17.8 Å². The van der Waals surface area contributed by atoms with E-state index in [0.29, 0.717) is 5.57 Å². The smallest absolute Gasteiger partial charge is 0.414 e. The first-order valence-corrected chi connectivity index (χ1v) is 13.2. The van der Waals surface area contributed by atoms with Crippen LogP contribution in [0.1, 0.15) is 6.92 Å². The van der Waals surface area contributed by atoms with E-state index in [4.69, 9.17) is 4.74 Å². The Labute approximate surface area is 240 Å². The van der Waals surface area contributed by atoms with Gasteiger partial charge in [-0.3, -0.25) is 24.8 Å². The van der Waals surface area contributed by atoms with Crippen LogP contribution in [0.5, 0.6) is 0 Å². The molecule has 15 heteroatoms. The monoisotopic (exact) mass is 590 g/mol. The van der Waals surface area contributed by atoms with Gasteiger partial charge in [0, 0.05) is 50.1 Å². The Morgan fingerprint density at radius 1 is 1.17 bits per heavy atom. The fourth-order valence-corrected chi connectivity index (χ4v) is 4.69. The minimum absolute atomic E-state index is 0.0257. The number of nitrogens with zero attached hydrogens (tertiary/aromatic N) is 4. The number of hydrogen-bond acceptors (Lipinski definition) is 9. The maximum absolute atomic E-state index is 15.2. The highest BCUT2D eigenvalue weighted by Crippen LogP contribution is 2.31. The summed E-state index contributed by atoms with van der Waals surface area (Å²) in [5.41, 5.74) is 0.00565. The Morgan fingerprint density at radius 3 is 2.52 bits per heavy atom. The summed E-state index contributed by atoms with van der Waals surface area (Å²) in [6, 6.07) is 1.23. The average molecular weight is 591 g/mol. The molecule has 2 atom stereocenters. The zero-order valence-corrected chi connectivity index (χ0v) is 23.1. The van der Waals surface area contributed by atoms with E-state index in [1.54, 1.807) is 19.1 Å². The van der Waals surface area contributed by atoms with E-state index >= 15 is 8.78 Å². The average Bonchev–Trinajstić information content (AvgIpc) is 3.33. The van der Waals surface area contributed by atoms with Crippen molar-refractivity contribution in [3.8, 4) is 0 Å². The Balaban J connectivity index is 1.33. The molecule has 42 heavy (non-hydrogen) atoms. The van der Waals surface area contributed by atoms with Crippen molar-refractivity contribution in [3.05, 3.63) is 59.8 Å². The number of allylic oxidation sites excluding steroid dienone is 2. The van der Waals surface area contributed by atoms with Crippen molar-refractivity contribution in [1.29, 1.82) is 0 Å². The number of halogens is 2. The van der Waals surface area contributed by atoms with E-state index in [2.05, 4.69) is 15.4 Å². The maximum Gasteiger partial charge on any atom is 0.414 e. The molecule has 0 unspecified atom stereocenters. The molecule has 1 aromatic carbocycles. The van der Waals surface area contributed by atoms with Gasteiger partial charge in [-0.05, 0) is 19.1 Å². The quantitative estimate of drug-likeness (QED) is 0.430. The fourth-order valence-electron chi connectivity index (χ4n) is 4.69. The zero-order valence-electron chi connectivity index (χ0n) is 23.1. The second kappa shape index (κ2) is 13.3. The number of anilines is 2. The van der Waals surface area contributed by atoms with E-state index in [9.17, 15) is 24.4 Å². The summed E-state index contributed by atoms with van der Waals surface area (Å²) in [4.78, 5) is 53.2. The van der Waals surface area contributed by atoms with Crippen molar-refractivity contribution in [1.82, 2.24) is 20.6 Å².